The van der Waals surface area contributed by atoms with E-state index in [9.17, 15) is 14.7 Å². The number of fused-ring (bicyclic) bond motifs is 3. The Kier molecular flexibility index (Phi) is 9.15. The molecule has 0 saturated carbocycles. The van der Waals surface area contributed by atoms with Gasteiger partial charge in [-0.2, -0.15) is 0 Å². The number of amides is 2. The van der Waals surface area contributed by atoms with Crippen molar-refractivity contribution in [2.24, 2.45) is 17.8 Å². The largest absolute Gasteiger partial charge is 0.507 e. The molecule has 1 N–H and O–H groups in total. The quantitative estimate of drug-likeness (QED) is 0.248. The van der Waals surface area contributed by atoms with E-state index < -0.39 is 0 Å². The molecule has 3 aliphatic heterocycles. The first-order valence-corrected chi connectivity index (χ1v) is 16.4. The molecule has 2 aromatic rings. The maximum Gasteiger partial charge on any atom is 0.234 e. The number of rotatable bonds is 10. The minimum atomic E-state index is -0.280. The van der Waals surface area contributed by atoms with Crippen LogP contribution in [0, 0.1) is 17.8 Å². The van der Waals surface area contributed by atoms with Crippen LogP contribution < -0.4 is 0 Å². The van der Waals surface area contributed by atoms with E-state index in [1.807, 2.05) is 24.3 Å². The van der Waals surface area contributed by atoms with Gasteiger partial charge in [0.2, 0.25) is 11.8 Å². The van der Waals surface area contributed by atoms with Crippen LogP contribution in [-0.2, 0) is 20.9 Å². The molecule has 228 valence electrons. The summed E-state index contributed by atoms with van der Waals surface area (Å²) in [4.78, 5) is 32.1. The van der Waals surface area contributed by atoms with Gasteiger partial charge in [0.25, 0.3) is 0 Å². The normalized spacial score (nSPS) is 26.7. The molecule has 43 heavy (non-hydrogen) atoms. The molecule has 3 saturated heterocycles. The van der Waals surface area contributed by atoms with E-state index in [-0.39, 0.29) is 41.7 Å². The Bertz CT molecular complexity index is 1370. The number of hydrogen-bond donors (Lipinski definition) is 1. The van der Waals surface area contributed by atoms with Crippen molar-refractivity contribution < 1.29 is 19.4 Å². The number of allylic oxidation sites excluding steroid dienone is 2. The van der Waals surface area contributed by atoms with Crippen LogP contribution in [0.25, 0.3) is 6.08 Å². The van der Waals surface area contributed by atoms with Crippen molar-refractivity contribution >= 4 is 17.9 Å². The van der Waals surface area contributed by atoms with Gasteiger partial charge in [-0.05, 0) is 62.1 Å². The van der Waals surface area contributed by atoms with Crippen molar-refractivity contribution in [3.05, 3.63) is 82.4 Å². The van der Waals surface area contributed by atoms with Crippen LogP contribution in [-0.4, -0.2) is 58.6 Å². The number of carbonyl (C=O) groups is 2. The van der Waals surface area contributed by atoms with E-state index in [0.717, 1.165) is 70.1 Å². The number of carbonyl (C=O) groups excluding carboxylic acids is 2. The van der Waals surface area contributed by atoms with Crippen molar-refractivity contribution in [1.29, 1.82) is 0 Å². The molecule has 2 aromatic carbocycles. The third kappa shape index (κ3) is 6.09. The van der Waals surface area contributed by atoms with E-state index >= 15 is 0 Å². The van der Waals surface area contributed by atoms with Crippen molar-refractivity contribution in [3.63, 3.8) is 0 Å². The zero-order chi connectivity index (χ0) is 29.9. The standard InChI is InChI=1S/C37H46N2O4/c1-3-10-28-22-30-35(31-24-43-33(34(28)31)16-15-25(4-2)21-27-13-8-9-14-32(27)40)37(42)39(36(30)41)29-17-19-38(20-18-29)23-26-11-6-5-7-12-26/h5-9,11-14,21,29-31,33,35,40H,3-4,10,15-20,22-24H2,1-2H3/b25-21+/t30-,31+,33-,35-/m1/s1. The number of ether oxygens (including phenoxy) is 1. The highest BCUT2D eigenvalue weighted by atomic mass is 16.5. The second-order valence-electron chi connectivity index (χ2n) is 12.9. The Labute approximate surface area is 256 Å². The number of likely N-dealkylation sites (tertiary alicyclic amines) is 2. The zero-order valence-corrected chi connectivity index (χ0v) is 25.7. The Hall–Kier alpha value is -3.22. The van der Waals surface area contributed by atoms with E-state index in [2.05, 4.69) is 49.1 Å². The molecule has 3 fully saturated rings. The minimum absolute atomic E-state index is 0.000434. The van der Waals surface area contributed by atoms with Crippen LogP contribution in [0.5, 0.6) is 5.75 Å². The molecular formula is C37H46N2O4. The summed E-state index contributed by atoms with van der Waals surface area (Å²) in [7, 11) is 0. The van der Waals surface area contributed by atoms with E-state index in [0.29, 0.717) is 18.8 Å². The predicted octanol–water partition coefficient (Wildman–Crippen LogP) is 6.75. The number of piperidine rings is 1. The predicted molar refractivity (Wildman–Crippen MR) is 169 cm³/mol. The Balaban J connectivity index is 1.14. The average molecular weight is 583 g/mol. The third-order valence-corrected chi connectivity index (χ3v) is 10.2. The fraction of sp³-hybridized carbons (Fsp3) is 0.514. The highest BCUT2D eigenvalue weighted by Gasteiger charge is 2.58. The number of phenols is 1. The van der Waals surface area contributed by atoms with Gasteiger partial charge in [-0.25, -0.2) is 0 Å². The summed E-state index contributed by atoms with van der Waals surface area (Å²) in [5, 5.41) is 10.3. The summed E-state index contributed by atoms with van der Waals surface area (Å²) in [6, 6.07) is 18.0. The molecule has 0 spiro atoms. The molecule has 4 atom stereocenters. The molecule has 0 radical (unpaired) electrons. The van der Waals surface area contributed by atoms with Gasteiger partial charge in [-0.1, -0.05) is 86.0 Å². The van der Waals surface area contributed by atoms with E-state index in [1.54, 1.807) is 11.0 Å². The van der Waals surface area contributed by atoms with Gasteiger partial charge in [-0.15, -0.1) is 0 Å². The van der Waals surface area contributed by atoms with Gasteiger partial charge in [0.15, 0.2) is 0 Å². The number of para-hydroxylation sites is 1. The molecule has 0 aromatic heterocycles. The number of phenolic OH excluding ortho intramolecular Hbond substituents is 1. The maximum absolute atomic E-state index is 14.1. The monoisotopic (exact) mass is 582 g/mol. The number of hydrogen-bond acceptors (Lipinski definition) is 5. The first-order chi connectivity index (χ1) is 21.0. The van der Waals surface area contributed by atoms with Crippen LogP contribution in [0.4, 0.5) is 0 Å². The zero-order valence-electron chi connectivity index (χ0n) is 25.7. The summed E-state index contributed by atoms with van der Waals surface area (Å²) in [5.41, 5.74) is 6.10. The number of aromatic hydroxyl groups is 1. The molecule has 4 aliphatic rings. The number of imide groups is 1. The molecule has 2 amide bonds. The molecule has 6 nitrogen and oxygen atoms in total. The van der Waals surface area contributed by atoms with Gasteiger partial charge >= 0.3 is 0 Å². The number of nitrogens with zero attached hydrogens (tertiary/aromatic N) is 2. The van der Waals surface area contributed by atoms with Gasteiger partial charge in [-0.3, -0.25) is 19.4 Å². The SMILES string of the molecule is CCCC1=C2[C@@H](CC/C(=C/c3ccccc3O)CC)OC[C@@H]2[C@@H]2C(=O)N(C3CCN(Cc4ccccc4)CC3)C(=O)[C@@H]2C1. The highest BCUT2D eigenvalue weighted by Crippen LogP contribution is 2.51. The molecule has 0 bridgehead atoms. The van der Waals surface area contributed by atoms with Crippen LogP contribution in [0.3, 0.4) is 0 Å². The fourth-order valence-corrected chi connectivity index (χ4v) is 8.07. The lowest BCUT2D eigenvalue weighted by molar-refractivity contribution is -0.144. The molecule has 1 aliphatic carbocycles. The topological polar surface area (TPSA) is 70.1 Å². The van der Waals surface area contributed by atoms with Crippen molar-refractivity contribution in [3.8, 4) is 5.75 Å². The lowest BCUT2D eigenvalue weighted by Crippen LogP contribution is -2.47. The van der Waals surface area contributed by atoms with Gasteiger partial charge in [0, 0.05) is 37.2 Å². The second kappa shape index (κ2) is 13.2. The van der Waals surface area contributed by atoms with E-state index in [4.69, 9.17) is 4.74 Å². The van der Waals surface area contributed by atoms with Gasteiger partial charge in [0.05, 0.1) is 24.5 Å². The lowest BCUT2D eigenvalue weighted by atomic mass is 9.68. The van der Waals surface area contributed by atoms with Crippen LogP contribution in [0.15, 0.2) is 71.3 Å². The highest BCUT2D eigenvalue weighted by molar-refractivity contribution is 6.06. The summed E-state index contributed by atoms with van der Waals surface area (Å²) in [6.45, 7) is 7.60. The average Bonchev–Trinajstić information content (AvgIpc) is 3.55. The van der Waals surface area contributed by atoms with Crippen LogP contribution in [0.1, 0.15) is 76.3 Å². The minimum Gasteiger partial charge on any atom is -0.507 e. The second-order valence-corrected chi connectivity index (χ2v) is 12.9. The number of benzene rings is 2. The van der Waals surface area contributed by atoms with Crippen molar-refractivity contribution in [2.45, 2.75) is 83.9 Å². The van der Waals surface area contributed by atoms with Crippen molar-refractivity contribution in [1.82, 2.24) is 9.80 Å². The van der Waals surface area contributed by atoms with Crippen molar-refractivity contribution in [2.75, 3.05) is 19.7 Å². The first-order valence-electron chi connectivity index (χ1n) is 16.4. The summed E-state index contributed by atoms with van der Waals surface area (Å²) in [5.74, 6) is -0.0959. The molecule has 6 rings (SSSR count). The lowest BCUT2D eigenvalue weighted by Gasteiger charge is -2.36. The summed E-state index contributed by atoms with van der Waals surface area (Å²) >= 11 is 0. The van der Waals surface area contributed by atoms with E-state index in [1.165, 1.54) is 22.3 Å². The molecule has 3 heterocycles. The Morgan fingerprint density at radius 1 is 0.977 bits per heavy atom. The summed E-state index contributed by atoms with van der Waals surface area (Å²) in [6.07, 6.45) is 9.10. The van der Waals surface area contributed by atoms with Gasteiger partial charge < -0.3 is 9.84 Å². The van der Waals surface area contributed by atoms with Gasteiger partial charge in [0.1, 0.15) is 5.75 Å². The smallest absolute Gasteiger partial charge is 0.234 e. The first kappa shape index (κ1) is 29.8. The Morgan fingerprint density at radius 3 is 2.44 bits per heavy atom. The fourth-order valence-electron chi connectivity index (χ4n) is 8.07. The molecular weight excluding hydrogens is 536 g/mol. The Morgan fingerprint density at radius 2 is 1.72 bits per heavy atom. The van der Waals surface area contributed by atoms with Crippen LogP contribution >= 0.6 is 0 Å². The maximum atomic E-state index is 14.1. The molecule has 6 heteroatoms. The van der Waals surface area contributed by atoms with Crippen LogP contribution in [0.2, 0.25) is 0 Å². The molecule has 0 unspecified atom stereocenters. The summed E-state index contributed by atoms with van der Waals surface area (Å²) < 4.78 is 6.47. The third-order valence-electron chi connectivity index (χ3n) is 10.2.